The molecule has 8 nitrogen and oxygen atoms in total. The third-order valence-corrected chi connectivity index (χ3v) is 2.83. The molecular formula is C13H20N2O6. The number of hydrogen-bond acceptors (Lipinski definition) is 7. The summed E-state index contributed by atoms with van der Waals surface area (Å²) >= 11 is 0. The van der Waals surface area contributed by atoms with Crippen LogP contribution >= 0.6 is 0 Å². The number of nitro groups is 1. The summed E-state index contributed by atoms with van der Waals surface area (Å²) in [7, 11) is 1.34. The highest BCUT2D eigenvalue weighted by Crippen LogP contribution is 2.12. The van der Waals surface area contributed by atoms with E-state index in [2.05, 4.69) is 9.89 Å². The Labute approximate surface area is 122 Å². The summed E-state index contributed by atoms with van der Waals surface area (Å²) in [4.78, 5) is 31.5. The van der Waals surface area contributed by atoms with Crippen molar-refractivity contribution in [2.24, 2.45) is 5.16 Å². The highest BCUT2D eigenvalue weighted by Gasteiger charge is 2.12. The largest absolute Gasteiger partial charge is 0.469 e. The smallest absolute Gasteiger partial charge is 0.305 e. The molecule has 8 heteroatoms. The summed E-state index contributed by atoms with van der Waals surface area (Å²) in [6.07, 6.45) is 5.59. The van der Waals surface area contributed by atoms with Gasteiger partial charge >= 0.3 is 5.97 Å². The monoisotopic (exact) mass is 301 g/mol. The summed E-state index contributed by atoms with van der Waals surface area (Å²) in [5.41, 5.74) is -0.538. The van der Waals surface area contributed by atoms with Crippen LogP contribution in [-0.4, -0.2) is 35.2 Å². The summed E-state index contributed by atoms with van der Waals surface area (Å²) in [6.45, 7) is 0. The van der Waals surface area contributed by atoms with Crippen LogP contribution in [0.15, 0.2) is 16.9 Å². The number of carbonyl (C=O) groups excluding carboxylic acids is 2. The lowest BCUT2D eigenvalue weighted by molar-refractivity contribution is -0.427. The molecule has 0 aromatic carbocycles. The van der Waals surface area contributed by atoms with Crippen molar-refractivity contribution in [1.82, 2.24) is 0 Å². The minimum atomic E-state index is -0.591. The molecule has 0 saturated carbocycles. The number of oxime groups is 1. The van der Waals surface area contributed by atoms with Gasteiger partial charge in [-0.05, 0) is 12.8 Å². The van der Waals surface area contributed by atoms with E-state index < -0.39 is 4.92 Å². The fourth-order valence-corrected chi connectivity index (χ4v) is 1.68. The standard InChI is InChI=1S/C13H20N2O6/c1-21-13(17)8-6-4-2-3-5-7-12(15(19)20)9-11(10-16)14-18/h9-10,18H,2-8H2,1H3/b12-9+,14-11+/i15+1. The number of allylic oxidation sites excluding steroid dienone is 2. The van der Waals surface area contributed by atoms with Crippen molar-refractivity contribution in [3.05, 3.63) is 21.9 Å². The third kappa shape index (κ3) is 9.31. The normalized spacial score (nSPS) is 12.0. The van der Waals surface area contributed by atoms with Gasteiger partial charge in [-0.3, -0.25) is 19.7 Å². The second kappa shape index (κ2) is 11.6. The molecule has 0 aliphatic heterocycles. The number of carbonyl (C=O) groups is 2. The van der Waals surface area contributed by atoms with Gasteiger partial charge in [0.1, 0.15) is 5.71 Å². The molecule has 0 heterocycles. The quantitative estimate of drug-likeness (QED) is 0.0911. The van der Waals surface area contributed by atoms with Crippen molar-refractivity contribution in [2.45, 2.75) is 44.9 Å². The summed E-state index contributed by atoms with van der Waals surface area (Å²) in [5.74, 6) is -0.238. The van der Waals surface area contributed by atoms with E-state index in [1.807, 2.05) is 0 Å². The second-order valence-corrected chi connectivity index (χ2v) is 4.38. The van der Waals surface area contributed by atoms with E-state index >= 15 is 0 Å². The topological polar surface area (TPSA) is 119 Å². The zero-order valence-electron chi connectivity index (χ0n) is 12.0. The first-order valence-corrected chi connectivity index (χ1v) is 6.64. The van der Waals surface area contributed by atoms with E-state index in [9.17, 15) is 19.7 Å². The molecule has 0 aliphatic rings. The maximum atomic E-state index is 10.9. The van der Waals surface area contributed by atoms with Crippen molar-refractivity contribution < 1.29 is 24.5 Å². The van der Waals surface area contributed by atoms with Gasteiger partial charge in [0.25, 0.3) is 0 Å². The third-order valence-electron chi connectivity index (χ3n) is 2.83. The Hall–Kier alpha value is -2.25. The van der Waals surface area contributed by atoms with E-state index in [1.54, 1.807) is 0 Å². The van der Waals surface area contributed by atoms with Gasteiger partial charge in [-0.25, -0.2) is 0 Å². The highest BCUT2D eigenvalue weighted by molar-refractivity contribution is 6.33. The maximum absolute atomic E-state index is 10.9. The lowest BCUT2D eigenvalue weighted by Crippen LogP contribution is -2.04. The number of nitrogens with zero attached hydrogens (tertiary/aromatic N) is 2. The Balaban J connectivity index is 3.99. The summed E-state index contributed by atoms with van der Waals surface area (Å²) in [5, 5.41) is 21.9. The predicted molar refractivity (Wildman–Crippen MR) is 74.7 cm³/mol. The molecule has 21 heavy (non-hydrogen) atoms. The van der Waals surface area contributed by atoms with Gasteiger partial charge in [-0.2, -0.15) is 0 Å². The Kier molecular flexibility index (Phi) is 10.3. The van der Waals surface area contributed by atoms with E-state index in [0.29, 0.717) is 12.8 Å². The molecule has 0 atom stereocenters. The van der Waals surface area contributed by atoms with E-state index in [-0.39, 0.29) is 30.1 Å². The highest BCUT2D eigenvalue weighted by atomic mass is 16.9. The van der Waals surface area contributed by atoms with Crippen LogP contribution in [0.4, 0.5) is 0 Å². The molecular weight excluding hydrogens is 281 g/mol. The minimum absolute atomic E-state index is 0.163. The Morgan fingerprint density at radius 1 is 1.24 bits per heavy atom. The molecule has 0 spiro atoms. The van der Waals surface area contributed by atoms with Crippen LogP contribution in [0.5, 0.6) is 0 Å². The first-order valence-electron chi connectivity index (χ1n) is 6.64. The number of aldehydes is 1. The van der Waals surface area contributed by atoms with Crippen LogP contribution in [0.1, 0.15) is 44.9 Å². The lowest BCUT2D eigenvalue weighted by atomic mass is 10.1. The van der Waals surface area contributed by atoms with Gasteiger partial charge < -0.3 is 9.94 Å². The Morgan fingerprint density at radius 3 is 2.29 bits per heavy atom. The van der Waals surface area contributed by atoms with Gasteiger partial charge in [-0.1, -0.05) is 24.4 Å². The Morgan fingerprint density at radius 2 is 1.81 bits per heavy atom. The van der Waals surface area contributed by atoms with Crippen LogP contribution < -0.4 is 0 Å². The van der Waals surface area contributed by atoms with Crippen molar-refractivity contribution in [3.8, 4) is 0 Å². The zero-order chi connectivity index (χ0) is 16.1. The number of unbranched alkanes of at least 4 members (excludes halogenated alkanes) is 4. The Bertz CT molecular complexity index is 417. The molecule has 1 N–H and O–H groups in total. The molecule has 0 unspecified atom stereocenters. The van der Waals surface area contributed by atoms with E-state index in [0.717, 1.165) is 31.8 Å². The first kappa shape index (κ1) is 18.8. The van der Waals surface area contributed by atoms with Gasteiger partial charge in [0.05, 0.1) is 12.0 Å². The van der Waals surface area contributed by atoms with Gasteiger partial charge in [0.15, 0.2) is 6.29 Å². The number of esters is 1. The molecule has 118 valence electrons. The average Bonchev–Trinajstić information content (AvgIpc) is 2.48. The number of methoxy groups -OCH3 is 1. The molecule has 0 aliphatic carbocycles. The van der Waals surface area contributed by atoms with Gasteiger partial charge in [-0.15, -0.1) is 0 Å². The molecule has 0 radical (unpaired) electrons. The fourth-order valence-electron chi connectivity index (χ4n) is 1.68. The molecule has 0 saturated heterocycles. The molecule has 0 fully saturated rings. The summed E-state index contributed by atoms with van der Waals surface area (Å²) < 4.78 is 4.51. The molecule has 0 aromatic heterocycles. The number of ether oxygens (including phenoxy) is 1. The average molecular weight is 301 g/mol. The second-order valence-electron chi connectivity index (χ2n) is 4.38. The van der Waals surface area contributed by atoms with Crippen molar-refractivity contribution in [3.63, 3.8) is 0 Å². The maximum Gasteiger partial charge on any atom is 0.305 e. The van der Waals surface area contributed by atoms with Gasteiger partial charge in [0.2, 0.25) is 5.70 Å². The fraction of sp³-hybridized carbons (Fsp3) is 0.615. The van der Waals surface area contributed by atoms with Crippen LogP contribution in [0, 0.1) is 10.1 Å². The first-order chi connectivity index (χ1) is 10.0. The lowest BCUT2D eigenvalue weighted by Gasteiger charge is -2.01. The summed E-state index contributed by atoms with van der Waals surface area (Å²) in [6, 6.07) is 0. The minimum Gasteiger partial charge on any atom is -0.469 e. The van der Waals surface area contributed by atoms with Crippen LogP contribution in [0.3, 0.4) is 0 Å². The van der Waals surface area contributed by atoms with Crippen LogP contribution in [0.2, 0.25) is 0 Å². The van der Waals surface area contributed by atoms with E-state index in [4.69, 9.17) is 5.21 Å². The van der Waals surface area contributed by atoms with Crippen molar-refractivity contribution in [2.75, 3.05) is 7.11 Å². The van der Waals surface area contributed by atoms with Crippen molar-refractivity contribution >= 4 is 18.0 Å². The van der Waals surface area contributed by atoms with Crippen LogP contribution in [0.25, 0.3) is 0 Å². The molecule has 0 aromatic rings. The molecule has 0 amide bonds. The zero-order valence-corrected chi connectivity index (χ0v) is 12.0. The van der Waals surface area contributed by atoms with E-state index in [1.165, 1.54) is 7.11 Å². The SMILES string of the molecule is COC(=O)CCCCCCC/C(=C\C(C=O)=N/O)[15N+](=O)[O-]. The molecule has 0 rings (SSSR count). The predicted octanol–water partition coefficient (Wildman–Crippen LogP) is 2.08. The number of hydrogen-bond donors (Lipinski definition) is 1. The van der Waals surface area contributed by atoms with Crippen molar-refractivity contribution in [1.29, 1.82) is 0 Å². The molecule has 0 bridgehead atoms. The van der Waals surface area contributed by atoms with Gasteiger partial charge in [0, 0.05) is 18.9 Å². The van der Waals surface area contributed by atoms with Crippen LogP contribution in [-0.2, 0) is 14.3 Å². The number of rotatable bonds is 11.